The van der Waals surface area contributed by atoms with E-state index in [0.717, 1.165) is 11.1 Å². The van der Waals surface area contributed by atoms with Gasteiger partial charge in [-0.15, -0.1) is 0 Å². The average Bonchev–Trinajstić information content (AvgIpc) is 2.62. The lowest BCUT2D eigenvalue weighted by atomic mass is 10.2. The van der Waals surface area contributed by atoms with Gasteiger partial charge in [0.25, 0.3) is 0 Å². The second-order valence-corrected chi connectivity index (χ2v) is 4.91. The molecule has 0 heterocycles. The first kappa shape index (κ1) is 17.1. The normalized spacial score (nSPS) is 10.8. The van der Waals surface area contributed by atoms with Crippen LogP contribution in [0.1, 0.15) is 24.0 Å². The number of benzene rings is 2. The summed E-state index contributed by atoms with van der Waals surface area (Å²) in [7, 11) is 0. The molecule has 0 spiro atoms. The van der Waals surface area contributed by atoms with E-state index in [1.807, 2.05) is 60.7 Å². The lowest BCUT2D eigenvalue weighted by molar-refractivity contribution is -0.126. The van der Waals surface area contributed by atoms with Crippen molar-refractivity contribution in [2.24, 2.45) is 10.2 Å². The molecule has 2 rings (SSSR count). The number of hydrogen-bond acceptors (Lipinski definition) is 4. The van der Waals surface area contributed by atoms with Crippen molar-refractivity contribution in [1.82, 2.24) is 10.9 Å². The second-order valence-electron chi connectivity index (χ2n) is 4.91. The van der Waals surface area contributed by atoms with Gasteiger partial charge >= 0.3 is 0 Å². The van der Waals surface area contributed by atoms with Crippen LogP contribution in [0.5, 0.6) is 0 Å². The summed E-state index contributed by atoms with van der Waals surface area (Å²) in [6.07, 6.45) is 3.17. The molecule has 122 valence electrons. The van der Waals surface area contributed by atoms with Crippen LogP contribution >= 0.6 is 0 Å². The maximum Gasteiger partial charge on any atom is 0.240 e. The highest BCUT2D eigenvalue weighted by atomic mass is 16.2. The molecule has 0 saturated carbocycles. The van der Waals surface area contributed by atoms with E-state index >= 15 is 0 Å². The fraction of sp³-hybridized carbons (Fsp3) is 0.111. The zero-order valence-corrected chi connectivity index (χ0v) is 13.1. The molecule has 2 amide bonds. The summed E-state index contributed by atoms with van der Waals surface area (Å²) in [5, 5.41) is 7.67. The van der Waals surface area contributed by atoms with Gasteiger partial charge in [-0.3, -0.25) is 9.59 Å². The van der Waals surface area contributed by atoms with Gasteiger partial charge in [0.15, 0.2) is 0 Å². The Labute approximate surface area is 140 Å². The van der Waals surface area contributed by atoms with Crippen molar-refractivity contribution in [1.29, 1.82) is 0 Å². The Hall–Kier alpha value is -3.28. The number of hydrazone groups is 2. The van der Waals surface area contributed by atoms with Gasteiger partial charge < -0.3 is 0 Å². The fourth-order valence-electron chi connectivity index (χ4n) is 1.77. The van der Waals surface area contributed by atoms with Crippen molar-refractivity contribution in [3.8, 4) is 0 Å². The van der Waals surface area contributed by atoms with Gasteiger partial charge in [-0.25, -0.2) is 10.9 Å². The molecule has 2 aromatic rings. The monoisotopic (exact) mass is 322 g/mol. The number of hydrogen-bond donors (Lipinski definition) is 2. The highest BCUT2D eigenvalue weighted by Crippen LogP contribution is 1.95. The van der Waals surface area contributed by atoms with Crippen LogP contribution in [0.3, 0.4) is 0 Å². The van der Waals surface area contributed by atoms with Crippen molar-refractivity contribution in [3.63, 3.8) is 0 Å². The molecule has 0 radical (unpaired) electrons. The molecular weight excluding hydrogens is 304 g/mol. The Balaban J connectivity index is 1.65. The SMILES string of the molecule is O=C(CCC(=O)NN=Cc1ccccc1)NN=Cc1ccccc1. The topological polar surface area (TPSA) is 82.9 Å². The molecule has 0 fully saturated rings. The van der Waals surface area contributed by atoms with Gasteiger partial charge in [-0.2, -0.15) is 10.2 Å². The molecule has 0 unspecified atom stereocenters. The third-order valence-electron chi connectivity index (χ3n) is 2.98. The number of amides is 2. The number of rotatable bonds is 7. The molecule has 0 aliphatic rings. The predicted molar refractivity (Wildman–Crippen MR) is 93.6 cm³/mol. The van der Waals surface area contributed by atoms with Gasteiger partial charge in [0.05, 0.1) is 12.4 Å². The van der Waals surface area contributed by atoms with Crippen LogP contribution in [0.2, 0.25) is 0 Å². The maximum absolute atomic E-state index is 11.6. The summed E-state index contributed by atoms with van der Waals surface area (Å²) in [5.74, 6) is -0.659. The first-order valence-electron chi connectivity index (χ1n) is 7.48. The van der Waals surface area contributed by atoms with E-state index < -0.39 is 0 Å². The first-order valence-corrected chi connectivity index (χ1v) is 7.48. The average molecular weight is 322 g/mol. The van der Waals surface area contributed by atoms with Crippen molar-refractivity contribution < 1.29 is 9.59 Å². The molecule has 24 heavy (non-hydrogen) atoms. The van der Waals surface area contributed by atoms with Crippen LogP contribution in [0.25, 0.3) is 0 Å². The van der Waals surface area contributed by atoms with E-state index in [2.05, 4.69) is 21.1 Å². The zero-order valence-electron chi connectivity index (χ0n) is 13.1. The summed E-state index contributed by atoms with van der Waals surface area (Å²) in [6.45, 7) is 0. The molecule has 2 aromatic carbocycles. The Morgan fingerprint density at radius 1 is 0.708 bits per heavy atom. The van der Waals surface area contributed by atoms with Gasteiger partial charge in [0.2, 0.25) is 11.8 Å². The molecule has 0 bridgehead atoms. The first-order chi connectivity index (χ1) is 11.7. The third-order valence-corrected chi connectivity index (χ3v) is 2.98. The summed E-state index contributed by atoms with van der Waals surface area (Å²) in [4.78, 5) is 23.2. The van der Waals surface area contributed by atoms with Crippen LogP contribution < -0.4 is 10.9 Å². The van der Waals surface area contributed by atoms with Gasteiger partial charge in [0.1, 0.15) is 0 Å². The predicted octanol–water partition coefficient (Wildman–Crippen LogP) is 2.07. The van der Waals surface area contributed by atoms with Crippen LogP contribution in [-0.4, -0.2) is 24.2 Å². The minimum Gasteiger partial charge on any atom is -0.273 e. The van der Waals surface area contributed by atoms with Crippen molar-refractivity contribution >= 4 is 24.2 Å². The second kappa shape index (κ2) is 9.68. The molecule has 0 saturated heterocycles. The van der Waals surface area contributed by atoms with E-state index in [0.29, 0.717) is 0 Å². The Kier molecular flexibility index (Phi) is 6.89. The smallest absolute Gasteiger partial charge is 0.240 e. The minimum absolute atomic E-state index is 0.0405. The van der Waals surface area contributed by atoms with Gasteiger partial charge in [-0.05, 0) is 11.1 Å². The van der Waals surface area contributed by atoms with Crippen molar-refractivity contribution in [3.05, 3.63) is 71.8 Å². The maximum atomic E-state index is 11.6. The van der Waals surface area contributed by atoms with Crippen molar-refractivity contribution in [2.45, 2.75) is 12.8 Å². The van der Waals surface area contributed by atoms with E-state index in [9.17, 15) is 9.59 Å². The van der Waals surface area contributed by atoms with E-state index in [4.69, 9.17) is 0 Å². The fourth-order valence-corrected chi connectivity index (χ4v) is 1.77. The van der Waals surface area contributed by atoms with Crippen LogP contribution in [0.4, 0.5) is 0 Å². The number of carbonyl (C=O) groups is 2. The third kappa shape index (κ3) is 6.65. The molecular formula is C18H18N4O2. The zero-order chi connectivity index (χ0) is 17.0. The molecule has 2 N–H and O–H groups in total. The van der Waals surface area contributed by atoms with Crippen molar-refractivity contribution in [2.75, 3.05) is 0 Å². The summed E-state index contributed by atoms with van der Waals surface area (Å²) in [5.41, 5.74) is 6.52. The number of nitrogens with zero attached hydrogens (tertiary/aromatic N) is 2. The van der Waals surface area contributed by atoms with E-state index in [1.54, 1.807) is 12.4 Å². The quantitative estimate of drug-likeness (QED) is 0.604. The summed E-state index contributed by atoms with van der Waals surface area (Å²) < 4.78 is 0. The molecule has 0 atom stereocenters. The van der Waals surface area contributed by atoms with Crippen LogP contribution in [-0.2, 0) is 9.59 Å². The summed E-state index contributed by atoms with van der Waals surface area (Å²) in [6, 6.07) is 18.8. The molecule has 6 heteroatoms. The van der Waals surface area contributed by atoms with E-state index in [-0.39, 0.29) is 24.7 Å². The van der Waals surface area contributed by atoms with Crippen LogP contribution in [0.15, 0.2) is 70.9 Å². The number of carbonyl (C=O) groups excluding carboxylic acids is 2. The Morgan fingerprint density at radius 2 is 1.08 bits per heavy atom. The standard InChI is InChI=1S/C18H18N4O2/c23-17(21-19-13-15-7-3-1-4-8-15)11-12-18(24)22-20-14-16-9-5-2-6-10-16/h1-10,13-14H,11-12H2,(H,21,23)(H,22,24). The van der Waals surface area contributed by atoms with Gasteiger partial charge in [-0.1, -0.05) is 60.7 Å². The Bertz CT molecular complexity index is 649. The number of nitrogens with one attached hydrogen (secondary N) is 2. The molecule has 0 aromatic heterocycles. The molecule has 0 aliphatic heterocycles. The molecule has 6 nitrogen and oxygen atoms in total. The largest absolute Gasteiger partial charge is 0.273 e. The lowest BCUT2D eigenvalue weighted by Crippen LogP contribution is -2.22. The highest BCUT2D eigenvalue weighted by molar-refractivity contribution is 5.86. The van der Waals surface area contributed by atoms with Gasteiger partial charge in [0, 0.05) is 12.8 Å². The molecule has 0 aliphatic carbocycles. The summed E-state index contributed by atoms with van der Waals surface area (Å²) >= 11 is 0. The lowest BCUT2D eigenvalue weighted by Gasteiger charge is -2.00. The highest BCUT2D eigenvalue weighted by Gasteiger charge is 2.05. The Morgan fingerprint density at radius 3 is 1.46 bits per heavy atom. The van der Waals surface area contributed by atoms with E-state index in [1.165, 1.54) is 0 Å². The minimum atomic E-state index is -0.329. The van der Waals surface area contributed by atoms with Crippen LogP contribution in [0, 0.1) is 0 Å².